The average molecular weight is 274 g/mol. The van der Waals surface area contributed by atoms with E-state index in [2.05, 4.69) is 30.8 Å². The van der Waals surface area contributed by atoms with Crippen LogP contribution in [-0.2, 0) is 6.42 Å². The Bertz CT molecular complexity index is 540. The van der Waals surface area contributed by atoms with Crippen molar-refractivity contribution in [2.75, 3.05) is 18.4 Å². The number of carbonyl (C=O) groups excluding carboxylic acids is 1. The minimum Gasteiger partial charge on any atom is -0.370 e. The van der Waals surface area contributed by atoms with Crippen LogP contribution in [0.25, 0.3) is 0 Å². The van der Waals surface area contributed by atoms with Crippen LogP contribution in [0.3, 0.4) is 0 Å². The minimum absolute atomic E-state index is 0.119. The Balaban J connectivity index is 1.82. The fourth-order valence-corrected chi connectivity index (χ4v) is 1.80. The van der Waals surface area contributed by atoms with Crippen LogP contribution < -0.4 is 10.6 Å². The van der Waals surface area contributed by atoms with E-state index in [0.717, 1.165) is 25.2 Å². The van der Waals surface area contributed by atoms with Crippen molar-refractivity contribution in [3.05, 3.63) is 36.0 Å². The lowest BCUT2D eigenvalue weighted by Gasteiger charge is -2.09. The van der Waals surface area contributed by atoms with Crippen LogP contribution >= 0.6 is 0 Å². The molecule has 0 saturated carbocycles. The smallest absolute Gasteiger partial charge is 0.255 e. The van der Waals surface area contributed by atoms with Gasteiger partial charge in [0.25, 0.3) is 5.91 Å². The van der Waals surface area contributed by atoms with Gasteiger partial charge in [0, 0.05) is 25.7 Å². The molecule has 7 nitrogen and oxygen atoms in total. The molecule has 2 aromatic rings. The highest BCUT2D eigenvalue weighted by molar-refractivity contribution is 5.98. The highest BCUT2D eigenvalue weighted by atomic mass is 16.1. The Labute approximate surface area is 117 Å². The quantitative estimate of drug-likeness (QED) is 0.654. The lowest BCUT2D eigenvalue weighted by atomic mass is 10.2. The van der Waals surface area contributed by atoms with Crippen molar-refractivity contribution in [2.24, 2.45) is 0 Å². The van der Waals surface area contributed by atoms with Gasteiger partial charge in [-0.05, 0) is 25.5 Å². The van der Waals surface area contributed by atoms with Crippen molar-refractivity contribution >= 4 is 11.7 Å². The zero-order valence-corrected chi connectivity index (χ0v) is 11.4. The van der Waals surface area contributed by atoms with Gasteiger partial charge in [0.05, 0.1) is 5.56 Å². The molecule has 0 fully saturated rings. The number of hydrogen-bond acceptors (Lipinski definition) is 5. The molecule has 0 atom stereocenters. The number of pyridine rings is 1. The van der Waals surface area contributed by atoms with E-state index < -0.39 is 0 Å². The van der Waals surface area contributed by atoms with E-state index in [1.807, 2.05) is 6.92 Å². The number of nitrogens with zero attached hydrogens (tertiary/aromatic N) is 3. The fraction of sp³-hybridized carbons (Fsp3) is 0.385. The number of nitrogens with one attached hydrogen (secondary N) is 3. The van der Waals surface area contributed by atoms with Crippen LogP contribution in [0.15, 0.2) is 24.7 Å². The van der Waals surface area contributed by atoms with Crippen LogP contribution in [0.1, 0.15) is 29.5 Å². The van der Waals surface area contributed by atoms with E-state index in [0.29, 0.717) is 17.9 Å². The van der Waals surface area contributed by atoms with Crippen molar-refractivity contribution in [1.82, 2.24) is 25.5 Å². The molecule has 3 N–H and O–H groups in total. The van der Waals surface area contributed by atoms with Gasteiger partial charge in [0.1, 0.15) is 18.0 Å². The Hall–Kier alpha value is -2.44. The van der Waals surface area contributed by atoms with E-state index in [1.54, 1.807) is 18.3 Å². The number of rotatable bonds is 7. The third-order valence-electron chi connectivity index (χ3n) is 2.74. The number of aryl methyl sites for hydroxylation is 1. The number of carbonyl (C=O) groups is 1. The number of H-pyrrole nitrogens is 1. The monoisotopic (exact) mass is 274 g/mol. The summed E-state index contributed by atoms with van der Waals surface area (Å²) in [7, 11) is 0. The number of aromatic nitrogens is 4. The van der Waals surface area contributed by atoms with Crippen LogP contribution in [0.2, 0.25) is 0 Å². The predicted octanol–water partition coefficient (Wildman–Crippen LogP) is 0.994. The number of aromatic amines is 1. The number of amides is 1. The van der Waals surface area contributed by atoms with E-state index in [1.165, 1.54) is 6.33 Å². The molecule has 0 bridgehead atoms. The first-order valence-electron chi connectivity index (χ1n) is 6.62. The molecule has 0 aliphatic carbocycles. The summed E-state index contributed by atoms with van der Waals surface area (Å²) in [5.41, 5.74) is 0.564. The minimum atomic E-state index is -0.119. The molecule has 1 amide bonds. The molecular formula is C13H18N6O. The summed E-state index contributed by atoms with van der Waals surface area (Å²) < 4.78 is 0. The normalized spacial score (nSPS) is 10.2. The second-order valence-corrected chi connectivity index (χ2v) is 4.22. The van der Waals surface area contributed by atoms with Gasteiger partial charge < -0.3 is 10.6 Å². The largest absolute Gasteiger partial charge is 0.370 e. The predicted molar refractivity (Wildman–Crippen MR) is 75.4 cm³/mol. The molecule has 0 saturated heterocycles. The van der Waals surface area contributed by atoms with Crippen molar-refractivity contribution in [3.8, 4) is 0 Å². The summed E-state index contributed by atoms with van der Waals surface area (Å²) in [6.45, 7) is 3.27. The molecule has 2 aromatic heterocycles. The maximum atomic E-state index is 12.1. The average Bonchev–Trinajstić information content (AvgIpc) is 2.97. The van der Waals surface area contributed by atoms with E-state index in [4.69, 9.17) is 0 Å². The second kappa shape index (κ2) is 7.22. The molecule has 7 heteroatoms. The number of anilines is 1. The van der Waals surface area contributed by atoms with Gasteiger partial charge in [-0.2, -0.15) is 5.10 Å². The maximum Gasteiger partial charge on any atom is 0.255 e. The SMILES string of the molecule is CCNc1ncccc1C(=O)NCCCc1ncn[nH]1. The third-order valence-corrected chi connectivity index (χ3v) is 2.74. The van der Waals surface area contributed by atoms with Gasteiger partial charge in [-0.1, -0.05) is 0 Å². The van der Waals surface area contributed by atoms with Gasteiger partial charge in [-0.15, -0.1) is 0 Å². The Morgan fingerprint density at radius 1 is 1.40 bits per heavy atom. The molecule has 0 aliphatic heterocycles. The van der Waals surface area contributed by atoms with Crippen molar-refractivity contribution in [2.45, 2.75) is 19.8 Å². The van der Waals surface area contributed by atoms with Crippen molar-refractivity contribution < 1.29 is 4.79 Å². The maximum absolute atomic E-state index is 12.1. The Morgan fingerprint density at radius 2 is 2.30 bits per heavy atom. The summed E-state index contributed by atoms with van der Waals surface area (Å²) in [6.07, 6.45) is 4.70. The summed E-state index contributed by atoms with van der Waals surface area (Å²) in [6, 6.07) is 3.51. The van der Waals surface area contributed by atoms with Gasteiger partial charge in [0.2, 0.25) is 0 Å². The lowest BCUT2D eigenvalue weighted by molar-refractivity contribution is 0.0953. The standard InChI is InChI=1S/C13H18N6O/c1-2-14-12-10(5-3-7-15-12)13(20)16-8-4-6-11-17-9-18-19-11/h3,5,7,9H,2,4,6,8H2,1H3,(H,14,15)(H,16,20)(H,17,18,19). The molecule has 0 spiro atoms. The van der Waals surface area contributed by atoms with E-state index in [9.17, 15) is 4.79 Å². The third kappa shape index (κ3) is 3.78. The van der Waals surface area contributed by atoms with E-state index in [-0.39, 0.29) is 5.91 Å². The molecule has 0 aromatic carbocycles. The highest BCUT2D eigenvalue weighted by Crippen LogP contribution is 2.10. The molecule has 0 aliphatic rings. The molecule has 106 valence electrons. The lowest BCUT2D eigenvalue weighted by Crippen LogP contribution is -2.26. The summed E-state index contributed by atoms with van der Waals surface area (Å²) in [5, 5.41) is 12.5. The van der Waals surface area contributed by atoms with Gasteiger partial charge in [0.15, 0.2) is 0 Å². The molecular weight excluding hydrogens is 256 g/mol. The van der Waals surface area contributed by atoms with E-state index >= 15 is 0 Å². The Morgan fingerprint density at radius 3 is 3.05 bits per heavy atom. The first-order chi connectivity index (χ1) is 9.81. The summed E-state index contributed by atoms with van der Waals surface area (Å²) >= 11 is 0. The zero-order valence-electron chi connectivity index (χ0n) is 11.4. The molecule has 0 radical (unpaired) electrons. The van der Waals surface area contributed by atoms with Crippen molar-refractivity contribution in [3.63, 3.8) is 0 Å². The second-order valence-electron chi connectivity index (χ2n) is 4.22. The van der Waals surface area contributed by atoms with Gasteiger partial charge in [-0.25, -0.2) is 9.97 Å². The summed E-state index contributed by atoms with van der Waals surface area (Å²) in [5.74, 6) is 1.32. The molecule has 2 rings (SSSR count). The van der Waals surface area contributed by atoms with Gasteiger partial charge in [-0.3, -0.25) is 9.89 Å². The van der Waals surface area contributed by atoms with Crippen LogP contribution in [-0.4, -0.2) is 39.2 Å². The molecule has 20 heavy (non-hydrogen) atoms. The van der Waals surface area contributed by atoms with Gasteiger partial charge >= 0.3 is 0 Å². The van der Waals surface area contributed by atoms with Crippen LogP contribution in [0.5, 0.6) is 0 Å². The molecule has 0 unspecified atom stereocenters. The first kappa shape index (κ1) is 14.0. The van der Waals surface area contributed by atoms with Crippen LogP contribution in [0.4, 0.5) is 5.82 Å². The first-order valence-corrected chi connectivity index (χ1v) is 6.62. The van der Waals surface area contributed by atoms with Crippen LogP contribution in [0, 0.1) is 0 Å². The topological polar surface area (TPSA) is 95.6 Å². The number of hydrogen-bond donors (Lipinski definition) is 3. The highest BCUT2D eigenvalue weighted by Gasteiger charge is 2.10. The van der Waals surface area contributed by atoms with Crippen molar-refractivity contribution in [1.29, 1.82) is 0 Å². The fourth-order valence-electron chi connectivity index (χ4n) is 1.80. The Kier molecular flexibility index (Phi) is 5.05. The molecule has 2 heterocycles. The summed E-state index contributed by atoms with van der Waals surface area (Å²) in [4.78, 5) is 20.3. The zero-order chi connectivity index (χ0) is 14.2.